The van der Waals surface area contributed by atoms with Gasteiger partial charge >= 0.3 is 0 Å². The Morgan fingerprint density at radius 1 is 1.20 bits per heavy atom. The Balaban J connectivity index is 1.68. The minimum Gasteiger partial charge on any atom is -0.472 e. The molecule has 2 unspecified atom stereocenters. The lowest BCUT2D eigenvalue weighted by Crippen LogP contribution is -2.43. The Hall–Kier alpha value is -1.84. The molecule has 4 heterocycles. The zero-order valence-electron chi connectivity index (χ0n) is 11.7. The third-order valence-electron chi connectivity index (χ3n) is 4.66. The zero-order valence-corrected chi connectivity index (χ0v) is 11.7. The standard InChI is InChI=1S/C16H19N3O/c1-11-8-13-2-3-14(9-11)19(13)16-17-6-4-15(18-16)12-5-7-20-10-12/h4-7,10-11,13-14H,2-3,8-9H2,1H3. The van der Waals surface area contributed by atoms with E-state index >= 15 is 0 Å². The van der Waals surface area contributed by atoms with Crippen LogP contribution in [-0.4, -0.2) is 22.1 Å². The lowest BCUT2D eigenvalue weighted by Gasteiger charge is -2.37. The number of rotatable bonds is 2. The number of fused-ring (bicyclic) bond motifs is 2. The molecular formula is C16H19N3O. The van der Waals surface area contributed by atoms with Crippen LogP contribution in [-0.2, 0) is 0 Å². The van der Waals surface area contributed by atoms with Crippen LogP contribution < -0.4 is 4.90 Å². The Morgan fingerprint density at radius 3 is 2.70 bits per heavy atom. The highest BCUT2D eigenvalue weighted by Gasteiger charge is 2.40. The predicted molar refractivity (Wildman–Crippen MR) is 77.4 cm³/mol. The first-order valence-corrected chi connectivity index (χ1v) is 7.45. The summed E-state index contributed by atoms with van der Waals surface area (Å²) in [5, 5.41) is 0. The number of piperidine rings is 1. The molecule has 2 bridgehead atoms. The monoisotopic (exact) mass is 269 g/mol. The molecule has 4 rings (SSSR count). The second-order valence-corrected chi connectivity index (χ2v) is 6.12. The molecule has 0 spiro atoms. The van der Waals surface area contributed by atoms with E-state index in [1.54, 1.807) is 12.5 Å². The maximum Gasteiger partial charge on any atom is 0.226 e. The molecule has 0 aliphatic carbocycles. The normalized spacial score (nSPS) is 28.9. The van der Waals surface area contributed by atoms with Crippen molar-refractivity contribution in [1.82, 2.24) is 9.97 Å². The van der Waals surface area contributed by atoms with Crippen molar-refractivity contribution in [3.05, 3.63) is 30.9 Å². The molecule has 4 nitrogen and oxygen atoms in total. The lowest BCUT2D eigenvalue weighted by atomic mass is 9.93. The summed E-state index contributed by atoms with van der Waals surface area (Å²) in [6.45, 7) is 2.37. The summed E-state index contributed by atoms with van der Waals surface area (Å²) in [6.07, 6.45) is 10.4. The van der Waals surface area contributed by atoms with E-state index in [0.29, 0.717) is 12.1 Å². The summed E-state index contributed by atoms with van der Waals surface area (Å²) in [5.74, 6) is 1.73. The predicted octanol–water partition coefficient (Wildman–Crippen LogP) is 3.50. The molecule has 0 saturated carbocycles. The third kappa shape index (κ3) is 1.90. The average Bonchev–Trinajstić information content (AvgIpc) is 3.06. The van der Waals surface area contributed by atoms with Crippen LogP contribution in [0.1, 0.15) is 32.6 Å². The van der Waals surface area contributed by atoms with E-state index < -0.39 is 0 Å². The highest BCUT2D eigenvalue weighted by molar-refractivity contribution is 5.58. The Bertz CT molecular complexity index is 582. The van der Waals surface area contributed by atoms with Crippen molar-refractivity contribution in [3.63, 3.8) is 0 Å². The van der Waals surface area contributed by atoms with Gasteiger partial charge in [0.05, 0.1) is 18.2 Å². The molecule has 2 aromatic rings. The fraction of sp³-hybridized carbons (Fsp3) is 0.500. The molecule has 2 aliphatic rings. The van der Waals surface area contributed by atoms with Crippen molar-refractivity contribution in [2.45, 2.75) is 44.7 Å². The smallest absolute Gasteiger partial charge is 0.226 e. The van der Waals surface area contributed by atoms with Gasteiger partial charge in [-0.2, -0.15) is 0 Å². The maximum atomic E-state index is 5.15. The van der Waals surface area contributed by atoms with Crippen molar-refractivity contribution in [2.24, 2.45) is 5.92 Å². The Labute approximate surface area is 118 Å². The van der Waals surface area contributed by atoms with Gasteiger partial charge in [0.1, 0.15) is 0 Å². The van der Waals surface area contributed by atoms with Crippen molar-refractivity contribution < 1.29 is 4.42 Å². The summed E-state index contributed by atoms with van der Waals surface area (Å²) in [6, 6.07) is 5.15. The number of hydrogen-bond acceptors (Lipinski definition) is 4. The number of nitrogens with zero attached hydrogens (tertiary/aromatic N) is 3. The quantitative estimate of drug-likeness (QED) is 0.836. The summed E-state index contributed by atoms with van der Waals surface area (Å²) < 4.78 is 5.15. The van der Waals surface area contributed by atoms with Gasteiger partial charge in [-0.1, -0.05) is 6.92 Å². The van der Waals surface area contributed by atoms with Gasteiger partial charge < -0.3 is 9.32 Å². The molecular weight excluding hydrogens is 250 g/mol. The molecule has 0 radical (unpaired) electrons. The first-order chi connectivity index (χ1) is 9.81. The Kier molecular flexibility index (Phi) is 2.76. The molecule has 2 fully saturated rings. The van der Waals surface area contributed by atoms with E-state index in [1.165, 1.54) is 25.7 Å². The minimum absolute atomic E-state index is 0.628. The van der Waals surface area contributed by atoms with Crippen LogP contribution in [0, 0.1) is 5.92 Å². The van der Waals surface area contributed by atoms with Gasteiger partial charge in [0.15, 0.2) is 0 Å². The maximum absolute atomic E-state index is 5.15. The van der Waals surface area contributed by atoms with Crippen LogP contribution in [0.15, 0.2) is 35.3 Å². The third-order valence-corrected chi connectivity index (χ3v) is 4.66. The summed E-state index contributed by atoms with van der Waals surface area (Å²) >= 11 is 0. The van der Waals surface area contributed by atoms with Crippen LogP contribution >= 0.6 is 0 Å². The highest BCUT2D eigenvalue weighted by Crippen LogP contribution is 2.40. The summed E-state index contributed by atoms with van der Waals surface area (Å²) in [5.41, 5.74) is 1.97. The molecule has 0 N–H and O–H groups in total. The Morgan fingerprint density at radius 2 is 2.00 bits per heavy atom. The van der Waals surface area contributed by atoms with Gasteiger partial charge in [-0.05, 0) is 43.7 Å². The number of hydrogen-bond donors (Lipinski definition) is 0. The van der Waals surface area contributed by atoms with Crippen molar-refractivity contribution in [3.8, 4) is 11.3 Å². The number of aromatic nitrogens is 2. The van der Waals surface area contributed by atoms with Crippen LogP contribution in [0.3, 0.4) is 0 Å². The fourth-order valence-electron chi connectivity index (χ4n) is 3.82. The van der Waals surface area contributed by atoms with Crippen LogP contribution in [0.2, 0.25) is 0 Å². The largest absolute Gasteiger partial charge is 0.472 e. The minimum atomic E-state index is 0.628. The molecule has 20 heavy (non-hydrogen) atoms. The van der Waals surface area contributed by atoms with E-state index in [2.05, 4.69) is 16.8 Å². The van der Waals surface area contributed by atoms with Crippen LogP contribution in [0.5, 0.6) is 0 Å². The number of anilines is 1. The van der Waals surface area contributed by atoms with E-state index in [1.807, 2.05) is 18.3 Å². The molecule has 2 atom stereocenters. The fourth-order valence-corrected chi connectivity index (χ4v) is 3.82. The van der Waals surface area contributed by atoms with E-state index in [0.717, 1.165) is 23.1 Å². The van der Waals surface area contributed by atoms with E-state index in [-0.39, 0.29) is 0 Å². The zero-order chi connectivity index (χ0) is 13.5. The molecule has 2 aromatic heterocycles. The van der Waals surface area contributed by atoms with Gasteiger partial charge in [-0.3, -0.25) is 0 Å². The topological polar surface area (TPSA) is 42.2 Å². The SMILES string of the molecule is CC1CC2CCC(C1)N2c1nccc(-c2ccoc2)n1. The summed E-state index contributed by atoms with van der Waals surface area (Å²) in [4.78, 5) is 11.7. The second-order valence-electron chi connectivity index (χ2n) is 6.12. The van der Waals surface area contributed by atoms with E-state index in [9.17, 15) is 0 Å². The molecule has 0 aromatic carbocycles. The van der Waals surface area contributed by atoms with Crippen molar-refractivity contribution in [2.75, 3.05) is 4.90 Å². The average molecular weight is 269 g/mol. The summed E-state index contributed by atoms with van der Waals surface area (Å²) in [7, 11) is 0. The molecule has 104 valence electrons. The molecule has 2 saturated heterocycles. The van der Waals surface area contributed by atoms with Gasteiger partial charge in [-0.25, -0.2) is 9.97 Å². The molecule has 2 aliphatic heterocycles. The van der Waals surface area contributed by atoms with E-state index in [4.69, 9.17) is 9.40 Å². The molecule has 4 heteroatoms. The molecule has 0 amide bonds. The highest BCUT2D eigenvalue weighted by atomic mass is 16.3. The van der Waals surface area contributed by atoms with Gasteiger partial charge in [0, 0.05) is 23.8 Å². The second kappa shape index (κ2) is 4.62. The van der Waals surface area contributed by atoms with Crippen molar-refractivity contribution >= 4 is 5.95 Å². The lowest BCUT2D eigenvalue weighted by molar-refractivity contribution is 0.359. The van der Waals surface area contributed by atoms with Crippen LogP contribution in [0.4, 0.5) is 5.95 Å². The van der Waals surface area contributed by atoms with Gasteiger partial charge in [0.2, 0.25) is 5.95 Å². The van der Waals surface area contributed by atoms with Gasteiger partial charge in [-0.15, -0.1) is 0 Å². The number of furan rings is 1. The first-order valence-electron chi connectivity index (χ1n) is 7.45. The van der Waals surface area contributed by atoms with Gasteiger partial charge in [0.25, 0.3) is 0 Å². The first kappa shape index (κ1) is 11.9. The van der Waals surface area contributed by atoms with Crippen molar-refractivity contribution in [1.29, 1.82) is 0 Å². The van der Waals surface area contributed by atoms with Crippen LogP contribution in [0.25, 0.3) is 11.3 Å².